The summed E-state index contributed by atoms with van der Waals surface area (Å²) in [6.07, 6.45) is 6.69. The first-order valence-corrected chi connectivity index (χ1v) is 11.5. The topological polar surface area (TPSA) is 35.9 Å². The molecular weight excluding hydrogens is 401 g/mol. The van der Waals surface area contributed by atoms with Crippen molar-refractivity contribution in [3.8, 4) is 0 Å². The molecule has 5 heteroatoms. The number of aliphatic imine (C=N–C) groups is 1. The Morgan fingerprint density at radius 2 is 1.69 bits per heavy atom. The van der Waals surface area contributed by atoms with Crippen LogP contribution in [-0.2, 0) is 4.79 Å². The molecule has 4 nitrogen and oxygen atoms in total. The van der Waals surface area contributed by atoms with Crippen molar-refractivity contribution in [3.63, 3.8) is 0 Å². The molecule has 1 amide bonds. The van der Waals surface area contributed by atoms with E-state index < -0.39 is 0 Å². The van der Waals surface area contributed by atoms with E-state index in [2.05, 4.69) is 23.7 Å². The van der Waals surface area contributed by atoms with Gasteiger partial charge in [-0.15, -0.1) is 0 Å². The zero-order chi connectivity index (χ0) is 23.9. The molecule has 1 aliphatic rings. The molecule has 32 heavy (non-hydrogen) atoms. The van der Waals surface area contributed by atoms with Crippen LogP contribution in [0.2, 0.25) is 0 Å². The monoisotopic (exact) mass is 439 g/mol. The number of nitrogens with zero attached hydrogens (tertiary/aromatic N) is 3. The molecule has 2 rings (SSSR count). The van der Waals surface area contributed by atoms with Crippen LogP contribution >= 0.6 is 0 Å². The Balaban J connectivity index is 2.45. The van der Waals surface area contributed by atoms with Gasteiger partial charge in [-0.25, -0.2) is 4.39 Å². The van der Waals surface area contributed by atoms with Gasteiger partial charge >= 0.3 is 0 Å². The first kappa shape index (κ1) is 25.6. The van der Waals surface area contributed by atoms with Crippen molar-refractivity contribution < 1.29 is 9.18 Å². The second-order valence-corrected chi connectivity index (χ2v) is 9.18. The molecule has 0 bridgehead atoms. The SMILES string of the molecule is C\C=C(C(/C(C)=N/C=C/CC)=C(/C)N1CCN(C(=O)C(C)(C)C)CC1)\c1ccccc1F. The van der Waals surface area contributed by atoms with Gasteiger partial charge in [-0.3, -0.25) is 9.79 Å². The average Bonchev–Trinajstić information content (AvgIpc) is 2.76. The lowest BCUT2D eigenvalue weighted by Crippen LogP contribution is -2.51. The zero-order valence-electron chi connectivity index (χ0n) is 20.7. The summed E-state index contributed by atoms with van der Waals surface area (Å²) in [6.45, 7) is 16.8. The van der Waals surface area contributed by atoms with Crippen LogP contribution in [0.5, 0.6) is 0 Å². The van der Waals surface area contributed by atoms with Crippen molar-refractivity contribution in [1.29, 1.82) is 0 Å². The highest BCUT2D eigenvalue weighted by atomic mass is 19.1. The fraction of sp³-hybridized carbons (Fsp3) is 0.481. The summed E-state index contributed by atoms with van der Waals surface area (Å²) in [6, 6.07) is 6.87. The van der Waals surface area contributed by atoms with Crippen LogP contribution in [0.25, 0.3) is 5.57 Å². The molecule has 0 N–H and O–H groups in total. The van der Waals surface area contributed by atoms with Gasteiger partial charge in [0.25, 0.3) is 0 Å². The van der Waals surface area contributed by atoms with Crippen molar-refractivity contribution in [2.24, 2.45) is 10.4 Å². The number of benzene rings is 1. The molecular formula is C27H38FN3O. The number of piperazine rings is 1. The fourth-order valence-electron chi connectivity index (χ4n) is 3.98. The maximum atomic E-state index is 14.7. The number of rotatable bonds is 6. The summed E-state index contributed by atoms with van der Waals surface area (Å²) < 4.78 is 14.7. The van der Waals surface area contributed by atoms with Crippen LogP contribution in [0.4, 0.5) is 4.39 Å². The lowest BCUT2D eigenvalue weighted by atomic mass is 9.92. The van der Waals surface area contributed by atoms with Gasteiger partial charge in [0, 0.05) is 60.3 Å². The normalized spacial score (nSPS) is 17.1. The lowest BCUT2D eigenvalue weighted by Gasteiger charge is -2.39. The second-order valence-electron chi connectivity index (χ2n) is 9.18. The average molecular weight is 440 g/mol. The number of hydrogen-bond acceptors (Lipinski definition) is 3. The fourth-order valence-corrected chi connectivity index (χ4v) is 3.98. The predicted molar refractivity (Wildman–Crippen MR) is 133 cm³/mol. The lowest BCUT2D eigenvalue weighted by molar-refractivity contribution is -0.141. The Bertz CT molecular complexity index is 926. The molecule has 1 aromatic rings. The van der Waals surface area contributed by atoms with E-state index in [0.717, 1.165) is 42.1 Å². The van der Waals surface area contributed by atoms with Crippen molar-refractivity contribution in [3.05, 3.63) is 65.3 Å². The van der Waals surface area contributed by atoms with E-state index in [0.29, 0.717) is 18.7 Å². The predicted octanol–water partition coefficient (Wildman–Crippen LogP) is 6.08. The maximum Gasteiger partial charge on any atom is 0.228 e. The Morgan fingerprint density at radius 1 is 1.09 bits per heavy atom. The molecule has 174 valence electrons. The maximum absolute atomic E-state index is 14.7. The van der Waals surface area contributed by atoms with E-state index in [1.807, 2.05) is 70.0 Å². The molecule has 1 aliphatic heterocycles. The van der Waals surface area contributed by atoms with E-state index in [1.165, 1.54) is 6.07 Å². The summed E-state index contributed by atoms with van der Waals surface area (Å²) in [5.74, 6) is -0.0645. The largest absolute Gasteiger partial charge is 0.371 e. The van der Waals surface area contributed by atoms with Gasteiger partial charge in [-0.05, 0) is 38.8 Å². The Hall–Kier alpha value is -2.69. The Morgan fingerprint density at radius 3 is 2.22 bits per heavy atom. The molecule has 0 atom stereocenters. The standard InChI is InChI=1S/C27H38FN3O/c1-8-10-15-29-20(3)25(22(9-2)23-13-11-12-14-24(23)28)21(4)30-16-18-31(19-17-30)26(32)27(5,6)7/h9-15H,8,16-19H2,1-7H3/b15-10+,22-9-,25-21-,29-20+. The third-order valence-corrected chi connectivity index (χ3v) is 5.74. The molecule has 0 radical (unpaired) electrons. The van der Waals surface area contributed by atoms with E-state index in [9.17, 15) is 9.18 Å². The molecule has 0 saturated carbocycles. The van der Waals surface area contributed by atoms with E-state index in [4.69, 9.17) is 0 Å². The van der Waals surface area contributed by atoms with Crippen LogP contribution < -0.4 is 0 Å². The number of allylic oxidation sites excluding steroid dienone is 5. The van der Waals surface area contributed by atoms with Gasteiger partial charge in [0.1, 0.15) is 5.82 Å². The second kappa shape index (κ2) is 11.3. The molecule has 1 aromatic carbocycles. The summed E-state index contributed by atoms with van der Waals surface area (Å²) in [5.41, 5.74) is 3.86. The number of halogens is 1. The van der Waals surface area contributed by atoms with E-state index >= 15 is 0 Å². The zero-order valence-corrected chi connectivity index (χ0v) is 20.7. The molecule has 1 fully saturated rings. The molecule has 0 unspecified atom stereocenters. The number of hydrogen-bond donors (Lipinski definition) is 0. The van der Waals surface area contributed by atoms with Gasteiger partial charge in [0.2, 0.25) is 5.91 Å². The molecule has 0 aliphatic carbocycles. The Labute approximate surface area is 193 Å². The van der Waals surface area contributed by atoms with Crippen molar-refractivity contribution in [1.82, 2.24) is 9.80 Å². The number of carbonyl (C=O) groups excluding carboxylic acids is 1. The van der Waals surface area contributed by atoms with Crippen LogP contribution in [0.15, 0.2) is 58.9 Å². The van der Waals surface area contributed by atoms with Gasteiger partial charge in [0.15, 0.2) is 0 Å². The van der Waals surface area contributed by atoms with E-state index in [-0.39, 0.29) is 17.1 Å². The number of carbonyl (C=O) groups is 1. The van der Waals surface area contributed by atoms with Gasteiger partial charge < -0.3 is 9.80 Å². The van der Waals surface area contributed by atoms with Gasteiger partial charge in [0.05, 0.1) is 0 Å². The summed E-state index contributed by atoms with van der Waals surface area (Å²) in [4.78, 5) is 21.6. The Kier molecular flexibility index (Phi) is 8.99. The van der Waals surface area contributed by atoms with Crippen molar-refractivity contribution >= 4 is 17.2 Å². The summed E-state index contributed by atoms with van der Waals surface area (Å²) in [7, 11) is 0. The van der Waals surface area contributed by atoms with E-state index in [1.54, 1.807) is 6.07 Å². The van der Waals surface area contributed by atoms with Gasteiger partial charge in [-0.1, -0.05) is 58.0 Å². The third kappa shape index (κ3) is 6.18. The highest BCUT2D eigenvalue weighted by Gasteiger charge is 2.30. The first-order valence-electron chi connectivity index (χ1n) is 11.5. The number of amides is 1. The minimum atomic E-state index is -0.379. The van der Waals surface area contributed by atoms with Crippen LogP contribution in [0.3, 0.4) is 0 Å². The smallest absolute Gasteiger partial charge is 0.228 e. The first-order chi connectivity index (χ1) is 15.1. The minimum Gasteiger partial charge on any atom is -0.371 e. The molecule has 1 saturated heterocycles. The van der Waals surface area contributed by atoms with Crippen molar-refractivity contribution in [2.75, 3.05) is 26.2 Å². The highest BCUT2D eigenvalue weighted by Crippen LogP contribution is 2.31. The van der Waals surface area contributed by atoms with Crippen molar-refractivity contribution in [2.45, 2.75) is 54.9 Å². The summed E-state index contributed by atoms with van der Waals surface area (Å²) >= 11 is 0. The molecule has 0 spiro atoms. The molecule has 1 heterocycles. The highest BCUT2D eigenvalue weighted by molar-refractivity contribution is 6.12. The molecule has 0 aromatic heterocycles. The summed E-state index contributed by atoms with van der Waals surface area (Å²) in [5, 5.41) is 0. The quantitative estimate of drug-likeness (QED) is 0.398. The minimum absolute atomic E-state index is 0.182. The van der Waals surface area contributed by atoms with Gasteiger partial charge in [-0.2, -0.15) is 0 Å². The van der Waals surface area contributed by atoms with Crippen LogP contribution in [0.1, 0.15) is 60.5 Å². The van der Waals surface area contributed by atoms with Crippen LogP contribution in [-0.4, -0.2) is 47.6 Å². The third-order valence-electron chi connectivity index (χ3n) is 5.74. The van der Waals surface area contributed by atoms with Crippen LogP contribution in [0, 0.1) is 11.2 Å².